The molecule has 4 rings (SSSR count). The Morgan fingerprint density at radius 3 is 1.94 bits per heavy atom. The van der Waals surface area contributed by atoms with Crippen molar-refractivity contribution in [2.24, 2.45) is 0 Å². The first-order chi connectivity index (χ1) is 16.0. The van der Waals surface area contributed by atoms with E-state index in [4.69, 9.17) is 10.1 Å². The molecule has 12 nitrogen and oxygen atoms in total. The minimum atomic E-state index is -1.21. The second-order valence-electron chi connectivity index (χ2n) is 7.52. The quantitative estimate of drug-likeness (QED) is 0.323. The molecule has 0 atom stereocenters. The highest BCUT2D eigenvalue weighted by atomic mass is 16.6. The molecule has 2 heterocycles. The fraction of sp³-hybridized carbons (Fsp3) is 0.136. The lowest BCUT2D eigenvalue weighted by Crippen LogP contribution is -1.97. The van der Waals surface area contributed by atoms with Gasteiger partial charge in [0.05, 0.1) is 32.6 Å². The number of aromatic nitrogens is 2. The van der Waals surface area contributed by atoms with E-state index in [0.29, 0.717) is 12.1 Å². The molecule has 0 aliphatic carbocycles. The van der Waals surface area contributed by atoms with Gasteiger partial charge >= 0.3 is 11.4 Å². The number of imidazole rings is 1. The second kappa shape index (κ2) is 9.32. The van der Waals surface area contributed by atoms with Crippen molar-refractivity contribution in [1.82, 2.24) is 9.38 Å². The number of benzene rings is 2. The number of nitro groups is 3. The van der Waals surface area contributed by atoms with Gasteiger partial charge in [0, 0.05) is 18.0 Å². The monoisotopic (exact) mass is 465 g/mol. The maximum absolute atomic E-state index is 10.4. The van der Waals surface area contributed by atoms with Crippen molar-refractivity contribution in [1.29, 1.82) is 0 Å². The number of aromatic hydroxyl groups is 1. The third-order valence-electron chi connectivity index (χ3n) is 4.93. The molecular formula is C22H19N5O7. The Hall–Kier alpha value is -4.87. The number of phenolic OH excluding ortho intramolecular Hbond substituents is 1. The summed E-state index contributed by atoms with van der Waals surface area (Å²) >= 11 is 0. The van der Waals surface area contributed by atoms with Gasteiger partial charge in [0.15, 0.2) is 0 Å². The molecule has 0 saturated carbocycles. The van der Waals surface area contributed by atoms with E-state index in [0.717, 1.165) is 11.3 Å². The number of aryl methyl sites for hydroxylation is 3. The third-order valence-corrected chi connectivity index (χ3v) is 4.93. The smallest absolute Gasteiger partial charge is 0.324 e. The zero-order valence-electron chi connectivity index (χ0n) is 18.3. The van der Waals surface area contributed by atoms with Crippen LogP contribution in [0, 0.1) is 51.1 Å². The number of nitro benzene ring substituents is 3. The molecule has 0 saturated heterocycles. The summed E-state index contributed by atoms with van der Waals surface area (Å²) in [6.07, 6.45) is 4.15. The summed E-state index contributed by atoms with van der Waals surface area (Å²) in [5.74, 6) is -1.21. The first-order valence-corrected chi connectivity index (χ1v) is 9.81. The van der Waals surface area contributed by atoms with Crippen LogP contribution in [0.5, 0.6) is 5.75 Å². The predicted octanol–water partition coefficient (Wildman–Crippen LogP) is 5.04. The fourth-order valence-electron chi connectivity index (χ4n) is 3.29. The van der Waals surface area contributed by atoms with E-state index in [1.54, 1.807) is 0 Å². The lowest BCUT2D eigenvalue weighted by molar-refractivity contribution is -0.404. The Labute approximate surface area is 192 Å². The summed E-state index contributed by atoms with van der Waals surface area (Å²) in [5, 5.41) is 40.2. The number of hydrogen-bond donors (Lipinski definition) is 1. The summed E-state index contributed by atoms with van der Waals surface area (Å²) in [4.78, 5) is 32.5. The molecule has 4 aromatic rings. The zero-order chi connectivity index (χ0) is 25.2. The van der Waals surface area contributed by atoms with Gasteiger partial charge in [-0.15, -0.1) is 0 Å². The van der Waals surface area contributed by atoms with Crippen LogP contribution in [0.15, 0.2) is 54.9 Å². The molecule has 1 N–H and O–H groups in total. The number of non-ortho nitro benzene ring substituents is 1. The van der Waals surface area contributed by atoms with Crippen molar-refractivity contribution in [2.45, 2.75) is 20.8 Å². The van der Waals surface area contributed by atoms with Gasteiger partial charge in [-0.3, -0.25) is 30.3 Å². The van der Waals surface area contributed by atoms with Crippen LogP contribution in [-0.2, 0) is 0 Å². The van der Waals surface area contributed by atoms with E-state index in [2.05, 4.69) is 67.9 Å². The van der Waals surface area contributed by atoms with Gasteiger partial charge < -0.3 is 9.51 Å². The van der Waals surface area contributed by atoms with Crippen LogP contribution in [-0.4, -0.2) is 29.3 Å². The summed E-state index contributed by atoms with van der Waals surface area (Å²) in [6, 6.07) is 11.6. The molecule has 0 aliphatic heterocycles. The Balaban J connectivity index is 0.000000192. The van der Waals surface area contributed by atoms with Crippen LogP contribution in [0.3, 0.4) is 0 Å². The molecule has 0 fully saturated rings. The van der Waals surface area contributed by atoms with Crippen LogP contribution in [0.2, 0.25) is 0 Å². The van der Waals surface area contributed by atoms with E-state index >= 15 is 0 Å². The van der Waals surface area contributed by atoms with Crippen molar-refractivity contribution < 1.29 is 19.9 Å². The van der Waals surface area contributed by atoms with Gasteiger partial charge in [-0.1, -0.05) is 23.8 Å². The Kier molecular flexibility index (Phi) is 6.52. The highest BCUT2D eigenvalue weighted by Crippen LogP contribution is 2.39. The molecule has 0 amide bonds. The maximum Gasteiger partial charge on any atom is 0.324 e. The van der Waals surface area contributed by atoms with Crippen molar-refractivity contribution in [3.8, 4) is 17.0 Å². The van der Waals surface area contributed by atoms with E-state index in [9.17, 15) is 30.3 Å². The molecule has 34 heavy (non-hydrogen) atoms. The van der Waals surface area contributed by atoms with E-state index < -0.39 is 37.6 Å². The van der Waals surface area contributed by atoms with Crippen molar-refractivity contribution in [3.05, 3.63) is 102 Å². The number of fused-ring (bicyclic) bond motifs is 1. The van der Waals surface area contributed by atoms with Crippen LogP contribution < -0.4 is 0 Å². The van der Waals surface area contributed by atoms with Gasteiger partial charge in [0.25, 0.3) is 11.4 Å². The Bertz CT molecular complexity index is 1410. The van der Waals surface area contributed by atoms with Gasteiger partial charge in [-0.2, -0.15) is 0 Å². The topological polar surface area (TPSA) is 167 Å². The molecule has 2 aromatic carbocycles. The molecule has 0 radical (unpaired) electrons. The molecular weight excluding hydrogens is 446 g/mol. The average Bonchev–Trinajstić information content (AvgIpc) is 3.16. The number of pyridine rings is 1. The van der Waals surface area contributed by atoms with Crippen LogP contribution in [0.1, 0.15) is 16.7 Å². The molecule has 0 spiro atoms. The highest BCUT2D eigenvalue weighted by Gasteiger charge is 2.30. The van der Waals surface area contributed by atoms with Crippen LogP contribution in [0.25, 0.3) is 16.9 Å². The standard InChI is InChI=1S/C16H16N2.C6H3N3O7/c1-11-4-5-14(13(3)8-11)15-10-18-7-6-12(2)9-16(18)17-15;10-6-4(8(13)14)1-3(7(11)12)2-5(6)9(15)16/h4-10H,1-3H3;1-2,10H. The van der Waals surface area contributed by atoms with Gasteiger partial charge in [0.2, 0.25) is 0 Å². The minimum absolute atomic E-state index is 0.447. The van der Waals surface area contributed by atoms with Crippen molar-refractivity contribution >= 4 is 22.7 Å². The van der Waals surface area contributed by atoms with Gasteiger partial charge in [0.1, 0.15) is 5.65 Å². The number of phenols is 1. The summed E-state index contributed by atoms with van der Waals surface area (Å²) in [7, 11) is 0. The number of rotatable bonds is 4. The SMILES string of the molecule is Cc1ccc(-c2cn3ccc(C)cc3n2)c(C)c1.O=[N+]([O-])c1cc([N+](=O)[O-])c(O)c([N+](=O)[O-])c1. The third kappa shape index (κ3) is 4.96. The Morgan fingerprint density at radius 2 is 1.41 bits per heavy atom. The van der Waals surface area contributed by atoms with E-state index in [1.165, 1.54) is 22.3 Å². The zero-order valence-corrected chi connectivity index (χ0v) is 18.3. The highest BCUT2D eigenvalue weighted by molar-refractivity contribution is 5.67. The lowest BCUT2D eigenvalue weighted by Gasteiger charge is -2.02. The molecule has 0 aliphatic rings. The maximum atomic E-state index is 10.4. The summed E-state index contributed by atoms with van der Waals surface area (Å²) in [6.45, 7) is 6.34. The molecule has 12 heteroatoms. The first-order valence-electron chi connectivity index (χ1n) is 9.81. The molecule has 174 valence electrons. The number of hydrogen-bond acceptors (Lipinski definition) is 8. The Morgan fingerprint density at radius 1 is 0.824 bits per heavy atom. The number of nitrogens with zero attached hydrogens (tertiary/aromatic N) is 5. The fourth-order valence-corrected chi connectivity index (χ4v) is 3.29. The van der Waals surface area contributed by atoms with Gasteiger partial charge in [-0.25, -0.2) is 4.98 Å². The summed E-state index contributed by atoms with van der Waals surface area (Å²) in [5.41, 5.74) is 4.05. The van der Waals surface area contributed by atoms with Gasteiger partial charge in [-0.05, 0) is 44.0 Å². The van der Waals surface area contributed by atoms with Crippen molar-refractivity contribution in [3.63, 3.8) is 0 Å². The largest absolute Gasteiger partial charge is 0.497 e. The normalized spacial score (nSPS) is 10.4. The van der Waals surface area contributed by atoms with Crippen molar-refractivity contribution in [2.75, 3.05) is 0 Å². The predicted molar refractivity (Wildman–Crippen MR) is 123 cm³/mol. The molecule has 2 aromatic heterocycles. The van der Waals surface area contributed by atoms with E-state index in [-0.39, 0.29) is 0 Å². The lowest BCUT2D eigenvalue weighted by atomic mass is 10.0. The minimum Gasteiger partial charge on any atom is -0.497 e. The van der Waals surface area contributed by atoms with Crippen LogP contribution >= 0.6 is 0 Å². The first kappa shape index (κ1) is 23.8. The molecule has 0 bridgehead atoms. The molecule has 0 unspecified atom stereocenters. The average molecular weight is 465 g/mol. The summed E-state index contributed by atoms with van der Waals surface area (Å²) < 4.78 is 2.07. The van der Waals surface area contributed by atoms with Crippen LogP contribution in [0.4, 0.5) is 17.1 Å². The second-order valence-corrected chi connectivity index (χ2v) is 7.52. The van der Waals surface area contributed by atoms with E-state index in [1.807, 2.05) is 0 Å².